The zero-order chi connectivity index (χ0) is 17.0. The fourth-order valence-corrected chi connectivity index (χ4v) is 4.74. The molecule has 2 atom stereocenters. The minimum Gasteiger partial charge on any atom is -0.369 e. The number of hydrogen-bond donors (Lipinski definition) is 2. The summed E-state index contributed by atoms with van der Waals surface area (Å²) in [4.78, 5) is 27.5. The Morgan fingerprint density at radius 2 is 1.58 bits per heavy atom. The maximum absolute atomic E-state index is 13.3. The van der Waals surface area contributed by atoms with Crippen LogP contribution < -0.4 is 11.1 Å². The summed E-state index contributed by atoms with van der Waals surface area (Å²) in [6.07, 6.45) is 14.4. The number of primary amides is 1. The topological polar surface area (TPSA) is 75.4 Å². The SMILES string of the molecule is NC(=O)[C@@H]1CC=CC[C@H]1NC(=O)C1(N2CCCCC2)CCCCC1. The highest BCUT2D eigenvalue weighted by Gasteiger charge is 2.46. The first-order valence-corrected chi connectivity index (χ1v) is 9.64. The predicted octanol–water partition coefficient (Wildman–Crippen LogP) is 2.11. The number of nitrogens with zero attached hydrogens (tertiary/aromatic N) is 1. The maximum Gasteiger partial charge on any atom is 0.240 e. The summed E-state index contributed by atoms with van der Waals surface area (Å²) in [6.45, 7) is 2.05. The van der Waals surface area contributed by atoms with Gasteiger partial charge in [0.2, 0.25) is 11.8 Å². The second-order valence-electron chi connectivity index (χ2n) is 7.67. The zero-order valence-electron chi connectivity index (χ0n) is 14.6. The largest absolute Gasteiger partial charge is 0.369 e. The Bertz CT molecular complexity index is 491. The van der Waals surface area contributed by atoms with Crippen molar-refractivity contribution in [1.29, 1.82) is 0 Å². The van der Waals surface area contributed by atoms with Gasteiger partial charge in [0.1, 0.15) is 5.54 Å². The van der Waals surface area contributed by atoms with E-state index < -0.39 is 0 Å². The van der Waals surface area contributed by atoms with Crippen LogP contribution in [0.2, 0.25) is 0 Å². The summed E-state index contributed by atoms with van der Waals surface area (Å²) >= 11 is 0. The van der Waals surface area contributed by atoms with E-state index in [4.69, 9.17) is 5.73 Å². The molecular formula is C19H31N3O2. The van der Waals surface area contributed by atoms with E-state index >= 15 is 0 Å². The molecule has 3 aliphatic rings. The van der Waals surface area contributed by atoms with Gasteiger partial charge in [-0.25, -0.2) is 0 Å². The predicted molar refractivity (Wildman–Crippen MR) is 94.2 cm³/mol. The van der Waals surface area contributed by atoms with Crippen LogP contribution in [0.3, 0.4) is 0 Å². The van der Waals surface area contributed by atoms with Crippen LogP contribution in [0.4, 0.5) is 0 Å². The minimum absolute atomic E-state index is 0.135. The van der Waals surface area contributed by atoms with Crippen molar-refractivity contribution < 1.29 is 9.59 Å². The number of nitrogens with two attached hydrogens (primary N) is 1. The Hall–Kier alpha value is -1.36. The van der Waals surface area contributed by atoms with Gasteiger partial charge in [-0.2, -0.15) is 0 Å². The number of amides is 2. The number of nitrogens with one attached hydrogen (secondary N) is 1. The van der Waals surface area contributed by atoms with Crippen LogP contribution in [0.15, 0.2) is 12.2 Å². The maximum atomic E-state index is 13.3. The average molecular weight is 333 g/mol. The Morgan fingerprint density at radius 3 is 2.25 bits per heavy atom. The summed E-state index contributed by atoms with van der Waals surface area (Å²) in [7, 11) is 0. The lowest BCUT2D eigenvalue weighted by Gasteiger charge is -2.47. The van der Waals surface area contributed by atoms with E-state index in [2.05, 4.69) is 16.3 Å². The smallest absolute Gasteiger partial charge is 0.240 e. The van der Waals surface area contributed by atoms with Gasteiger partial charge in [-0.05, 0) is 51.6 Å². The minimum atomic E-state index is -0.359. The summed E-state index contributed by atoms with van der Waals surface area (Å²) in [5.41, 5.74) is 5.19. The molecule has 1 saturated carbocycles. The third-order valence-corrected chi connectivity index (χ3v) is 6.18. The van der Waals surface area contributed by atoms with Gasteiger partial charge in [0.25, 0.3) is 0 Å². The second kappa shape index (κ2) is 7.68. The molecule has 0 spiro atoms. The van der Waals surface area contributed by atoms with Gasteiger partial charge in [0.15, 0.2) is 0 Å². The first-order chi connectivity index (χ1) is 11.6. The molecule has 0 unspecified atom stereocenters. The summed E-state index contributed by atoms with van der Waals surface area (Å²) < 4.78 is 0. The molecule has 5 nitrogen and oxygen atoms in total. The Labute approximate surface area is 145 Å². The second-order valence-corrected chi connectivity index (χ2v) is 7.67. The van der Waals surface area contributed by atoms with E-state index in [1.807, 2.05) is 6.08 Å². The lowest BCUT2D eigenvalue weighted by molar-refractivity contribution is -0.138. The van der Waals surface area contributed by atoms with Gasteiger partial charge in [0, 0.05) is 6.04 Å². The van der Waals surface area contributed by atoms with Gasteiger partial charge in [-0.3, -0.25) is 14.5 Å². The molecule has 134 valence electrons. The number of carbonyl (C=O) groups is 2. The van der Waals surface area contributed by atoms with Crippen molar-refractivity contribution in [3.63, 3.8) is 0 Å². The highest BCUT2D eigenvalue weighted by Crippen LogP contribution is 2.36. The van der Waals surface area contributed by atoms with Gasteiger partial charge in [-0.15, -0.1) is 0 Å². The Kier molecular flexibility index (Phi) is 5.59. The monoisotopic (exact) mass is 333 g/mol. The number of rotatable bonds is 4. The number of piperidine rings is 1. The normalized spacial score (nSPS) is 30.7. The van der Waals surface area contributed by atoms with E-state index in [1.165, 1.54) is 25.7 Å². The molecule has 0 bridgehead atoms. The standard InChI is InChI=1S/C19H31N3O2/c20-17(23)15-9-3-4-10-16(15)21-18(24)19(11-5-1-6-12-19)22-13-7-2-8-14-22/h3-4,15-16H,1-2,5-14H2,(H2,20,23)(H,21,24)/t15-,16-/m1/s1. The van der Waals surface area contributed by atoms with E-state index in [0.717, 1.165) is 38.8 Å². The van der Waals surface area contributed by atoms with Crippen LogP contribution in [-0.4, -0.2) is 41.4 Å². The van der Waals surface area contributed by atoms with Crippen LogP contribution in [0.25, 0.3) is 0 Å². The summed E-state index contributed by atoms with van der Waals surface area (Å²) in [5, 5.41) is 3.23. The summed E-state index contributed by atoms with van der Waals surface area (Å²) in [6, 6.07) is -0.149. The lowest BCUT2D eigenvalue weighted by Crippen LogP contribution is -2.63. The molecule has 3 rings (SSSR count). The number of likely N-dealkylation sites (tertiary alicyclic amines) is 1. The fourth-order valence-electron chi connectivity index (χ4n) is 4.74. The van der Waals surface area contributed by atoms with Gasteiger partial charge in [-0.1, -0.05) is 37.8 Å². The average Bonchev–Trinajstić information content (AvgIpc) is 2.63. The first kappa shape index (κ1) is 17.5. The van der Waals surface area contributed by atoms with Crippen molar-refractivity contribution in [3.05, 3.63) is 12.2 Å². The number of carbonyl (C=O) groups excluding carboxylic acids is 2. The van der Waals surface area contributed by atoms with Crippen molar-refractivity contribution in [3.8, 4) is 0 Å². The molecule has 0 radical (unpaired) electrons. The van der Waals surface area contributed by atoms with Crippen molar-refractivity contribution in [2.45, 2.75) is 75.8 Å². The molecule has 1 aliphatic heterocycles. The van der Waals surface area contributed by atoms with Gasteiger partial charge >= 0.3 is 0 Å². The van der Waals surface area contributed by atoms with Crippen molar-refractivity contribution in [1.82, 2.24) is 10.2 Å². The molecule has 5 heteroatoms. The Balaban J connectivity index is 1.75. The fraction of sp³-hybridized carbons (Fsp3) is 0.789. The Morgan fingerprint density at radius 1 is 0.958 bits per heavy atom. The van der Waals surface area contributed by atoms with Crippen LogP contribution in [-0.2, 0) is 9.59 Å². The third kappa shape index (κ3) is 3.51. The van der Waals surface area contributed by atoms with E-state index in [-0.39, 0.29) is 29.3 Å². The highest BCUT2D eigenvalue weighted by molar-refractivity contribution is 5.88. The quantitative estimate of drug-likeness (QED) is 0.774. The molecular weight excluding hydrogens is 302 g/mol. The third-order valence-electron chi connectivity index (χ3n) is 6.18. The molecule has 3 N–H and O–H groups in total. The van der Waals surface area contributed by atoms with Gasteiger partial charge < -0.3 is 11.1 Å². The molecule has 0 aromatic rings. The molecule has 2 amide bonds. The summed E-state index contributed by atoms with van der Waals surface area (Å²) in [5.74, 6) is -0.447. The zero-order valence-corrected chi connectivity index (χ0v) is 14.6. The first-order valence-electron chi connectivity index (χ1n) is 9.64. The number of allylic oxidation sites excluding steroid dienone is 1. The molecule has 24 heavy (non-hydrogen) atoms. The lowest BCUT2D eigenvalue weighted by atomic mass is 9.77. The van der Waals surface area contributed by atoms with E-state index in [1.54, 1.807) is 0 Å². The van der Waals surface area contributed by atoms with Crippen molar-refractivity contribution in [2.75, 3.05) is 13.1 Å². The molecule has 2 aliphatic carbocycles. The van der Waals surface area contributed by atoms with Crippen molar-refractivity contribution in [2.24, 2.45) is 11.7 Å². The van der Waals surface area contributed by atoms with E-state index in [0.29, 0.717) is 12.8 Å². The van der Waals surface area contributed by atoms with Crippen LogP contribution in [0.1, 0.15) is 64.2 Å². The van der Waals surface area contributed by atoms with Crippen molar-refractivity contribution >= 4 is 11.8 Å². The molecule has 2 fully saturated rings. The van der Waals surface area contributed by atoms with Crippen LogP contribution >= 0.6 is 0 Å². The molecule has 1 heterocycles. The van der Waals surface area contributed by atoms with E-state index in [9.17, 15) is 9.59 Å². The highest BCUT2D eigenvalue weighted by atomic mass is 16.2. The van der Waals surface area contributed by atoms with Crippen LogP contribution in [0, 0.1) is 5.92 Å². The van der Waals surface area contributed by atoms with Gasteiger partial charge in [0.05, 0.1) is 5.92 Å². The van der Waals surface area contributed by atoms with Crippen LogP contribution in [0.5, 0.6) is 0 Å². The molecule has 0 aromatic heterocycles. The molecule has 1 saturated heterocycles. The molecule has 0 aromatic carbocycles. The number of hydrogen-bond acceptors (Lipinski definition) is 3.